The largest absolute Gasteiger partial charge is 0.350 e. The van der Waals surface area contributed by atoms with Crippen molar-refractivity contribution < 1.29 is 18.0 Å². The number of aromatic nitrogens is 1. The average molecular weight is 353 g/mol. The van der Waals surface area contributed by atoms with E-state index in [-0.39, 0.29) is 41.0 Å². The second kappa shape index (κ2) is 7.29. The molecule has 132 valence electrons. The fourth-order valence-electron chi connectivity index (χ4n) is 2.78. The van der Waals surface area contributed by atoms with Crippen molar-refractivity contribution in [1.29, 1.82) is 0 Å². The summed E-state index contributed by atoms with van der Waals surface area (Å²) < 4.78 is 23.3. The van der Waals surface area contributed by atoms with E-state index in [4.69, 9.17) is 0 Å². The molecule has 1 fully saturated rings. The van der Waals surface area contributed by atoms with E-state index in [2.05, 4.69) is 10.3 Å². The van der Waals surface area contributed by atoms with Gasteiger partial charge in [0.1, 0.15) is 0 Å². The van der Waals surface area contributed by atoms with Crippen LogP contribution in [0.15, 0.2) is 18.5 Å². The Balaban J connectivity index is 2.20. The molecule has 1 unspecified atom stereocenters. The molecule has 1 aromatic heterocycles. The number of nitrogens with one attached hydrogen (secondary N) is 1. The van der Waals surface area contributed by atoms with Gasteiger partial charge < -0.3 is 10.2 Å². The first-order valence-corrected chi connectivity index (χ1v) is 9.83. The molecule has 24 heavy (non-hydrogen) atoms. The summed E-state index contributed by atoms with van der Waals surface area (Å²) in [5, 5.41) is 2.75. The summed E-state index contributed by atoms with van der Waals surface area (Å²) in [6.07, 6.45) is 3.26. The summed E-state index contributed by atoms with van der Waals surface area (Å²) >= 11 is 0. The Morgan fingerprint density at radius 1 is 1.33 bits per heavy atom. The van der Waals surface area contributed by atoms with E-state index < -0.39 is 9.84 Å². The zero-order chi connectivity index (χ0) is 17.9. The predicted octanol–water partition coefficient (Wildman–Crippen LogP) is 0.869. The maximum absolute atomic E-state index is 12.7. The molecule has 1 atom stereocenters. The normalized spacial score (nSPS) is 19.2. The molecule has 8 heteroatoms. The smallest absolute Gasteiger partial charge is 0.255 e. The molecule has 1 aliphatic rings. The number of carbonyl (C=O) groups excluding carboxylic acids is 2. The molecular formula is C16H23N3O4S. The van der Waals surface area contributed by atoms with Crippen LogP contribution in [0.3, 0.4) is 0 Å². The lowest BCUT2D eigenvalue weighted by atomic mass is 10.1. The van der Waals surface area contributed by atoms with Crippen molar-refractivity contribution in [2.24, 2.45) is 0 Å². The van der Waals surface area contributed by atoms with E-state index in [0.29, 0.717) is 18.5 Å². The minimum Gasteiger partial charge on any atom is -0.350 e. The van der Waals surface area contributed by atoms with Crippen molar-refractivity contribution in [2.45, 2.75) is 39.3 Å². The summed E-state index contributed by atoms with van der Waals surface area (Å²) in [5.41, 5.74) is 0.599. The van der Waals surface area contributed by atoms with Crippen molar-refractivity contribution in [3.8, 4) is 0 Å². The molecule has 0 aliphatic carbocycles. The van der Waals surface area contributed by atoms with Gasteiger partial charge >= 0.3 is 0 Å². The van der Waals surface area contributed by atoms with E-state index in [1.807, 2.05) is 20.8 Å². The van der Waals surface area contributed by atoms with E-state index in [0.717, 1.165) is 0 Å². The summed E-state index contributed by atoms with van der Waals surface area (Å²) in [6.45, 7) is 5.91. The second-order valence-corrected chi connectivity index (χ2v) is 8.47. The van der Waals surface area contributed by atoms with Crippen molar-refractivity contribution in [3.63, 3.8) is 0 Å². The molecular weight excluding hydrogens is 330 g/mol. The zero-order valence-electron chi connectivity index (χ0n) is 14.2. The number of nitrogens with zero attached hydrogens (tertiary/aromatic N) is 2. The van der Waals surface area contributed by atoms with Crippen molar-refractivity contribution >= 4 is 21.7 Å². The van der Waals surface area contributed by atoms with Gasteiger partial charge in [0.05, 0.1) is 22.6 Å². The minimum absolute atomic E-state index is 0.00641. The lowest BCUT2D eigenvalue weighted by molar-refractivity contribution is 0.0708. The van der Waals surface area contributed by atoms with Crippen LogP contribution < -0.4 is 5.32 Å². The van der Waals surface area contributed by atoms with Crippen molar-refractivity contribution in [1.82, 2.24) is 15.2 Å². The highest BCUT2D eigenvalue weighted by molar-refractivity contribution is 7.91. The van der Waals surface area contributed by atoms with Gasteiger partial charge in [0.2, 0.25) is 0 Å². The highest BCUT2D eigenvalue weighted by Crippen LogP contribution is 2.20. The fraction of sp³-hybridized carbons (Fsp3) is 0.562. The van der Waals surface area contributed by atoms with Crippen LogP contribution >= 0.6 is 0 Å². The SMILES string of the molecule is CCN(C(=O)c1cncc(C(=O)NC(C)C)c1)C1CCS(=O)(=O)C1. The zero-order valence-corrected chi connectivity index (χ0v) is 15.0. The lowest BCUT2D eigenvalue weighted by Crippen LogP contribution is -2.41. The molecule has 0 saturated carbocycles. The number of amides is 2. The minimum atomic E-state index is -3.08. The Morgan fingerprint density at radius 2 is 2.00 bits per heavy atom. The Labute approximate surface area is 142 Å². The van der Waals surface area contributed by atoms with E-state index >= 15 is 0 Å². The van der Waals surface area contributed by atoms with Crippen LogP contribution in [0.5, 0.6) is 0 Å². The maximum Gasteiger partial charge on any atom is 0.255 e. The quantitative estimate of drug-likeness (QED) is 0.847. The van der Waals surface area contributed by atoms with Crippen LogP contribution in [0.1, 0.15) is 47.9 Å². The van der Waals surface area contributed by atoms with E-state index in [1.54, 1.807) is 4.90 Å². The van der Waals surface area contributed by atoms with Crippen LogP contribution in [0.25, 0.3) is 0 Å². The van der Waals surface area contributed by atoms with Gasteiger partial charge in [-0.25, -0.2) is 8.42 Å². The summed E-state index contributed by atoms with van der Waals surface area (Å²) in [7, 11) is -3.08. The molecule has 0 aromatic carbocycles. The fourth-order valence-corrected chi connectivity index (χ4v) is 4.51. The highest BCUT2D eigenvalue weighted by atomic mass is 32.2. The van der Waals surface area contributed by atoms with Crippen LogP contribution in [0.2, 0.25) is 0 Å². The summed E-state index contributed by atoms with van der Waals surface area (Å²) in [4.78, 5) is 30.3. The van der Waals surface area contributed by atoms with Gasteiger partial charge in [0.25, 0.3) is 11.8 Å². The number of rotatable bonds is 5. The standard InChI is InChI=1S/C16H23N3O4S/c1-4-19(14-5-6-24(22,23)10-14)16(21)13-7-12(8-17-9-13)15(20)18-11(2)3/h7-9,11,14H,4-6,10H2,1-3H3,(H,18,20). The number of pyridine rings is 1. The highest BCUT2D eigenvalue weighted by Gasteiger charge is 2.34. The lowest BCUT2D eigenvalue weighted by Gasteiger charge is -2.26. The molecule has 2 rings (SSSR count). The molecule has 7 nitrogen and oxygen atoms in total. The molecule has 1 aromatic rings. The third-order valence-corrected chi connectivity index (χ3v) is 5.67. The molecule has 1 saturated heterocycles. The van der Waals surface area contributed by atoms with Gasteiger partial charge in [-0.05, 0) is 33.3 Å². The third-order valence-electron chi connectivity index (χ3n) is 3.92. The predicted molar refractivity (Wildman–Crippen MR) is 90.6 cm³/mol. The van der Waals surface area contributed by atoms with Gasteiger partial charge in [-0.15, -0.1) is 0 Å². The van der Waals surface area contributed by atoms with E-state index in [9.17, 15) is 18.0 Å². The van der Waals surface area contributed by atoms with Crippen LogP contribution in [-0.4, -0.2) is 60.3 Å². The van der Waals surface area contributed by atoms with Crippen molar-refractivity contribution in [3.05, 3.63) is 29.6 Å². The summed E-state index contributed by atoms with van der Waals surface area (Å²) in [5.74, 6) is -0.491. The van der Waals surface area contributed by atoms with Gasteiger partial charge in [-0.2, -0.15) is 0 Å². The van der Waals surface area contributed by atoms with Crippen molar-refractivity contribution in [2.75, 3.05) is 18.1 Å². The first-order valence-electron chi connectivity index (χ1n) is 8.01. The number of carbonyl (C=O) groups is 2. The van der Waals surface area contributed by atoms with Crippen LogP contribution in [0, 0.1) is 0 Å². The third kappa shape index (κ3) is 4.31. The number of sulfone groups is 1. The van der Waals surface area contributed by atoms with E-state index in [1.165, 1.54) is 18.5 Å². The van der Waals surface area contributed by atoms with Gasteiger partial charge in [0, 0.05) is 31.0 Å². The first-order chi connectivity index (χ1) is 11.2. The molecule has 1 aliphatic heterocycles. The molecule has 0 bridgehead atoms. The van der Waals surface area contributed by atoms with Gasteiger partial charge in [-0.1, -0.05) is 0 Å². The Hall–Kier alpha value is -1.96. The molecule has 2 amide bonds. The average Bonchev–Trinajstić information content (AvgIpc) is 2.87. The number of hydrogen-bond donors (Lipinski definition) is 1. The Bertz CT molecular complexity index is 731. The second-order valence-electron chi connectivity index (χ2n) is 6.24. The summed E-state index contributed by atoms with van der Waals surface area (Å²) in [6, 6.07) is 1.16. The first kappa shape index (κ1) is 18.4. The molecule has 2 heterocycles. The topological polar surface area (TPSA) is 96.4 Å². The van der Waals surface area contributed by atoms with Gasteiger partial charge in [0.15, 0.2) is 9.84 Å². The molecule has 0 radical (unpaired) electrons. The number of hydrogen-bond acceptors (Lipinski definition) is 5. The molecule has 0 spiro atoms. The Morgan fingerprint density at radius 3 is 2.54 bits per heavy atom. The van der Waals surface area contributed by atoms with Gasteiger partial charge in [-0.3, -0.25) is 14.6 Å². The Kier molecular flexibility index (Phi) is 5.58. The monoisotopic (exact) mass is 353 g/mol. The van der Waals surface area contributed by atoms with Crippen LogP contribution in [0.4, 0.5) is 0 Å². The van der Waals surface area contributed by atoms with Crippen LogP contribution in [-0.2, 0) is 9.84 Å². The maximum atomic E-state index is 12.7. The molecule has 1 N–H and O–H groups in total.